The summed E-state index contributed by atoms with van der Waals surface area (Å²) < 4.78 is 1.48. The molecule has 0 bridgehead atoms. The number of rotatable bonds is 5. The Morgan fingerprint density at radius 2 is 2.25 bits per heavy atom. The molecule has 0 aliphatic heterocycles. The molecule has 2 rings (SSSR count). The van der Waals surface area contributed by atoms with Gasteiger partial charge in [-0.05, 0) is 11.6 Å². The Kier molecular flexibility index (Phi) is 4.09. The molecule has 0 aliphatic carbocycles. The average Bonchev–Trinajstić information content (AvgIpc) is 2.83. The Hall–Kier alpha value is -2.70. The first kappa shape index (κ1) is 13.7. The minimum atomic E-state index is -1.13. The summed E-state index contributed by atoms with van der Waals surface area (Å²) in [5, 5.41) is 15.6. The summed E-state index contributed by atoms with van der Waals surface area (Å²) >= 11 is 0. The van der Waals surface area contributed by atoms with Crippen LogP contribution >= 0.6 is 0 Å². The van der Waals surface area contributed by atoms with Crippen LogP contribution in [0.4, 0.5) is 0 Å². The van der Waals surface area contributed by atoms with Gasteiger partial charge in [0.2, 0.25) is 5.91 Å². The zero-order chi connectivity index (χ0) is 14.5. The fourth-order valence-electron chi connectivity index (χ4n) is 1.78. The zero-order valence-corrected chi connectivity index (χ0v) is 10.9. The molecule has 0 aromatic carbocycles. The second kappa shape index (κ2) is 5.96. The number of carbonyl (C=O) groups is 2. The molecule has 0 spiro atoms. The molecule has 7 nitrogen and oxygen atoms in total. The third kappa shape index (κ3) is 3.41. The lowest BCUT2D eigenvalue weighted by molar-refractivity contribution is -0.141. The van der Waals surface area contributed by atoms with E-state index in [2.05, 4.69) is 15.4 Å². The topological polar surface area (TPSA) is 97.1 Å². The first-order valence-electron chi connectivity index (χ1n) is 5.96. The molecule has 0 fully saturated rings. The highest BCUT2D eigenvalue weighted by Gasteiger charge is 2.23. The molecule has 20 heavy (non-hydrogen) atoms. The molecule has 1 unspecified atom stereocenters. The van der Waals surface area contributed by atoms with Crippen molar-refractivity contribution >= 4 is 11.9 Å². The van der Waals surface area contributed by atoms with Crippen LogP contribution < -0.4 is 5.32 Å². The summed E-state index contributed by atoms with van der Waals surface area (Å²) in [4.78, 5) is 27.0. The van der Waals surface area contributed by atoms with Gasteiger partial charge in [-0.15, -0.1) is 0 Å². The molecule has 2 heterocycles. The number of carbonyl (C=O) groups excluding carboxylic acids is 1. The highest BCUT2D eigenvalue weighted by Crippen LogP contribution is 2.12. The SMILES string of the molecule is Cn1cc(C(NC(=O)Cc2cccnc2)C(=O)O)cn1. The number of nitrogens with one attached hydrogen (secondary N) is 1. The number of hydrogen-bond donors (Lipinski definition) is 2. The first-order chi connectivity index (χ1) is 9.56. The highest BCUT2D eigenvalue weighted by molar-refractivity contribution is 5.85. The largest absolute Gasteiger partial charge is 0.479 e. The number of hydrogen-bond acceptors (Lipinski definition) is 4. The van der Waals surface area contributed by atoms with Gasteiger partial charge in [-0.2, -0.15) is 5.10 Å². The standard InChI is InChI=1S/C13H14N4O3/c1-17-8-10(7-15-17)12(13(19)20)16-11(18)5-9-3-2-4-14-6-9/h2-4,6-8,12H,5H2,1H3,(H,16,18)(H,19,20). The predicted octanol–water partition coefficient (Wildman–Crippen LogP) is 0.300. The Labute approximate surface area is 115 Å². The molecule has 0 saturated carbocycles. The lowest BCUT2D eigenvalue weighted by Gasteiger charge is -2.12. The number of carboxylic acid groups (broad SMARTS) is 1. The average molecular weight is 274 g/mol. The van der Waals surface area contributed by atoms with E-state index in [0.29, 0.717) is 5.56 Å². The molecule has 7 heteroatoms. The van der Waals surface area contributed by atoms with Crippen LogP contribution in [0.15, 0.2) is 36.9 Å². The number of aryl methyl sites for hydroxylation is 1. The van der Waals surface area contributed by atoms with Gasteiger partial charge in [-0.1, -0.05) is 6.07 Å². The summed E-state index contributed by atoms with van der Waals surface area (Å²) in [6.45, 7) is 0. The van der Waals surface area contributed by atoms with E-state index in [9.17, 15) is 14.7 Å². The van der Waals surface area contributed by atoms with Crippen LogP contribution in [0.2, 0.25) is 0 Å². The molecule has 0 radical (unpaired) electrons. The van der Waals surface area contributed by atoms with Gasteiger partial charge in [0.1, 0.15) is 0 Å². The van der Waals surface area contributed by atoms with Crippen molar-refractivity contribution in [3.8, 4) is 0 Å². The quantitative estimate of drug-likeness (QED) is 0.817. The van der Waals surface area contributed by atoms with Crippen LogP contribution in [0.3, 0.4) is 0 Å². The van der Waals surface area contributed by atoms with Crippen LogP contribution in [0, 0.1) is 0 Å². The monoisotopic (exact) mass is 274 g/mol. The molecule has 2 aromatic heterocycles. The van der Waals surface area contributed by atoms with E-state index in [1.54, 1.807) is 37.8 Å². The van der Waals surface area contributed by atoms with Crippen molar-refractivity contribution in [2.75, 3.05) is 0 Å². The van der Waals surface area contributed by atoms with E-state index < -0.39 is 12.0 Å². The van der Waals surface area contributed by atoms with Crippen molar-refractivity contribution in [3.63, 3.8) is 0 Å². The van der Waals surface area contributed by atoms with Gasteiger partial charge >= 0.3 is 5.97 Å². The molecule has 104 valence electrons. The maximum atomic E-state index is 11.9. The second-order valence-electron chi connectivity index (χ2n) is 4.32. The van der Waals surface area contributed by atoms with Gasteiger partial charge in [0.15, 0.2) is 6.04 Å². The van der Waals surface area contributed by atoms with Gasteiger partial charge in [0, 0.05) is 31.2 Å². The number of carboxylic acids is 1. The van der Waals surface area contributed by atoms with Crippen molar-refractivity contribution in [2.24, 2.45) is 7.05 Å². The molecule has 0 saturated heterocycles. The van der Waals surface area contributed by atoms with E-state index in [0.717, 1.165) is 5.56 Å². The predicted molar refractivity (Wildman–Crippen MR) is 69.7 cm³/mol. The van der Waals surface area contributed by atoms with Gasteiger partial charge in [0.05, 0.1) is 12.6 Å². The summed E-state index contributed by atoms with van der Waals surface area (Å²) in [5.74, 6) is -1.51. The number of amides is 1. The smallest absolute Gasteiger partial charge is 0.331 e. The number of aliphatic carboxylic acids is 1. The van der Waals surface area contributed by atoms with Crippen LogP contribution in [0.1, 0.15) is 17.2 Å². The van der Waals surface area contributed by atoms with Crippen LogP contribution in [0.25, 0.3) is 0 Å². The maximum absolute atomic E-state index is 11.9. The molecule has 1 atom stereocenters. The number of aromatic nitrogens is 3. The van der Waals surface area contributed by atoms with Crippen LogP contribution in [-0.2, 0) is 23.1 Å². The lowest BCUT2D eigenvalue weighted by Crippen LogP contribution is -2.34. The van der Waals surface area contributed by atoms with Crippen molar-refractivity contribution in [1.82, 2.24) is 20.1 Å². The van der Waals surface area contributed by atoms with Gasteiger partial charge in [-0.25, -0.2) is 4.79 Å². The van der Waals surface area contributed by atoms with E-state index >= 15 is 0 Å². The van der Waals surface area contributed by atoms with Crippen molar-refractivity contribution in [1.29, 1.82) is 0 Å². The molecule has 2 N–H and O–H groups in total. The van der Waals surface area contributed by atoms with E-state index in [1.807, 2.05) is 0 Å². The number of nitrogens with zero attached hydrogens (tertiary/aromatic N) is 3. The van der Waals surface area contributed by atoms with Crippen molar-refractivity contribution < 1.29 is 14.7 Å². The maximum Gasteiger partial charge on any atom is 0.331 e. The Balaban J connectivity index is 2.05. The van der Waals surface area contributed by atoms with Gasteiger partial charge in [0.25, 0.3) is 0 Å². The zero-order valence-electron chi connectivity index (χ0n) is 10.9. The normalized spacial score (nSPS) is 11.8. The summed E-state index contributed by atoms with van der Waals surface area (Å²) in [6, 6.07) is 2.37. The van der Waals surface area contributed by atoms with Gasteiger partial charge in [-0.3, -0.25) is 14.5 Å². The number of pyridine rings is 1. The van der Waals surface area contributed by atoms with Crippen LogP contribution in [-0.4, -0.2) is 31.7 Å². The fraction of sp³-hybridized carbons (Fsp3) is 0.231. The minimum absolute atomic E-state index is 0.0812. The summed E-state index contributed by atoms with van der Waals surface area (Å²) in [7, 11) is 1.68. The molecule has 1 amide bonds. The summed E-state index contributed by atoms with van der Waals surface area (Å²) in [6.07, 6.45) is 6.24. The van der Waals surface area contributed by atoms with Crippen molar-refractivity contribution in [2.45, 2.75) is 12.5 Å². The molecule has 2 aromatic rings. The first-order valence-corrected chi connectivity index (χ1v) is 5.96. The van der Waals surface area contributed by atoms with Gasteiger partial charge < -0.3 is 10.4 Å². The fourth-order valence-corrected chi connectivity index (χ4v) is 1.78. The third-order valence-corrected chi connectivity index (χ3v) is 2.70. The second-order valence-corrected chi connectivity index (χ2v) is 4.32. The molecule has 0 aliphatic rings. The minimum Gasteiger partial charge on any atom is -0.479 e. The molecular weight excluding hydrogens is 260 g/mol. The Morgan fingerprint density at radius 3 is 2.80 bits per heavy atom. The Bertz CT molecular complexity index is 609. The Morgan fingerprint density at radius 1 is 1.45 bits per heavy atom. The van der Waals surface area contributed by atoms with E-state index in [1.165, 1.54) is 10.9 Å². The lowest BCUT2D eigenvalue weighted by atomic mass is 10.1. The highest BCUT2D eigenvalue weighted by atomic mass is 16.4. The van der Waals surface area contributed by atoms with E-state index in [-0.39, 0.29) is 12.3 Å². The third-order valence-electron chi connectivity index (χ3n) is 2.70. The summed E-state index contributed by atoms with van der Waals surface area (Å²) in [5.41, 5.74) is 1.15. The molecular formula is C13H14N4O3. The van der Waals surface area contributed by atoms with Crippen LogP contribution in [0.5, 0.6) is 0 Å². The van der Waals surface area contributed by atoms with Crippen molar-refractivity contribution in [3.05, 3.63) is 48.0 Å². The van der Waals surface area contributed by atoms with E-state index in [4.69, 9.17) is 0 Å².